The van der Waals surface area contributed by atoms with Crippen molar-refractivity contribution in [1.29, 1.82) is 0 Å². The number of amides is 4. The molecule has 2 aromatic carbocycles. The molecule has 8 rings (SSSR count). The van der Waals surface area contributed by atoms with Gasteiger partial charge < -0.3 is 48.0 Å². The molecule has 0 spiro atoms. The molecule has 444 valence electrons. The standard InChI is InChI=1S/2C26H30F6N2O6/c2*1-15(40-16(2)35)24(22(36)33-13-17-11-18(25(27,28)29)3-4-21(17)39-14-33)8-5-20(12-24)34(23(37)26(30,31)32)19-6-9-38-10-7-19/h2*3-4,11,15,19-20H,5-10,12-14H2,1-2H3/t15-,20+,24-;15-,20-,24+/m01/s1. The summed E-state index contributed by atoms with van der Waals surface area (Å²) in [4.78, 5) is 80.9. The van der Waals surface area contributed by atoms with Gasteiger partial charge in [-0.05, 0) is 114 Å². The van der Waals surface area contributed by atoms with Crippen LogP contribution in [-0.4, -0.2) is 144 Å². The van der Waals surface area contributed by atoms with Crippen LogP contribution in [0, 0.1) is 10.8 Å². The number of halogens is 12. The Balaban J connectivity index is 0.000000231. The molecule has 2 saturated heterocycles. The number of hydrogen-bond acceptors (Lipinski definition) is 12. The number of fused-ring (bicyclic) bond motifs is 2. The van der Waals surface area contributed by atoms with E-state index in [-0.39, 0.29) is 140 Å². The van der Waals surface area contributed by atoms with Crippen molar-refractivity contribution in [2.45, 2.75) is 166 Å². The second-order valence-corrected chi connectivity index (χ2v) is 20.9. The highest BCUT2D eigenvalue weighted by Gasteiger charge is 2.59. The third kappa shape index (κ3) is 13.5. The number of alkyl halides is 12. The van der Waals surface area contributed by atoms with Gasteiger partial charge in [-0.25, -0.2) is 0 Å². The lowest BCUT2D eigenvalue weighted by Gasteiger charge is -2.42. The van der Waals surface area contributed by atoms with Crippen molar-refractivity contribution >= 4 is 35.6 Å². The number of benzene rings is 2. The molecule has 0 bridgehead atoms. The fraction of sp³-hybridized carbons (Fsp3) is 0.654. The monoisotopic (exact) mass is 1160 g/mol. The van der Waals surface area contributed by atoms with E-state index in [0.29, 0.717) is 0 Å². The predicted molar refractivity (Wildman–Crippen MR) is 251 cm³/mol. The Labute approximate surface area is 451 Å². The van der Waals surface area contributed by atoms with E-state index in [9.17, 15) is 81.5 Å². The molecule has 0 radical (unpaired) electrons. The van der Waals surface area contributed by atoms with Gasteiger partial charge in [0.05, 0.1) is 35.0 Å². The van der Waals surface area contributed by atoms with E-state index in [2.05, 4.69) is 0 Å². The Hall–Kier alpha value is -6.06. The second-order valence-electron chi connectivity index (χ2n) is 20.9. The van der Waals surface area contributed by atoms with E-state index >= 15 is 0 Å². The van der Waals surface area contributed by atoms with Crippen LogP contribution in [0.15, 0.2) is 36.4 Å². The van der Waals surface area contributed by atoms with Gasteiger partial charge >= 0.3 is 48.5 Å². The summed E-state index contributed by atoms with van der Waals surface area (Å²) in [6.07, 6.45) is -21.4. The summed E-state index contributed by atoms with van der Waals surface area (Å²) in [5, 5.41) is 0. The minimum Gasteiger partial charge on any atom is -0.473 e. The Morgan fingerprint density at radius 3 is 1.18 bits per heavy atom. The molecule has 6 atom stereocenters. The van der Waals surface area contributed by atoms with E-state index in [0.717, 1.165) is 69.8 Å². The summed E-state index contributed by atoms with van der Waals surface area (Å²) >= 11 is 0. The van der Waals surface area contributed by atoms with Crippen LogP contribution in [0.25, 0.3) is 0 Å². The van der Waals surface area contributed by atoms with Crippen LogP contribution in [0.2, 0.25) is 0 Å². The van der Waals surface area contributed by atoms with E-state index in [1.165, 1.54) is 13.8 Å². The molecule has 6 aliphatic rings. The van der Waals surface area contributed by atoms with Crippen molar-refractivity contribution in [2.24, 2.45) is 10.8 Å². The van der Waals surface area contributed by atoms with Crippen molar-refractivity contribution < 1.29 is 110 Å². The van der Waals surface area contributed by atoms with Crippen LogP contribution in [0.1, 0.15) is 114 Å². The number of carbonyl (C=O) groups excluding carboxylic acids is 6. The summed E-state index contributed by atoms with van der Waals surface area (Å²) in [7, 11) is 0. The maximum atomic E-state index is 14.0. The van der Waals surface area contributed by atoms with Crippen LogP contribution in [0.4, 0.5) is 52.7 Å². The normalized spacial score (nSPS) is 24.6. The topological polar surface area (TPSA) is 171 Å². The Morgan fingerprint density at radius 2 is 0.875 bits per heavy atom. The van der Waals surface area contributed by atoms with Crippen molar-refractivity contribution in [3.8, 4) is 11.5 Å². The zero-order chi connectivity index (χ0) is 58.9. The van der Waals surface area contributed by atoms with Gasteiger partial charge in [-0.2, -0.15) is 52.7 Å². The van der Waals surface area contributed by atoms with Crippen molar-refractivity contribution in [3.05, 3.63) is 58.7 Å². The Bertz CT molecular complexity index is 2450. The molecular formula is C52H60F12N4O12. The molecule has 4 aliphatic heterocycles. The minimum atomic E-state index is -5.14. The second kappa shape index (κ2) is 23.8. The van der Waals surface area contributed by atoms with E-state index in [4.69, 9.17) is 28.4 Å². The molecule has 0 unspecified atom stereocenters. The highest BCUT2D eigenvalue weighted by Crippen LogP contribution is 2.50. The lowest BCUT2D eigenvalue weighted by atomic mass is 9.78. The van der Waals surface area contributed by atoms with E-state index in [1.54, 1.807) is 0 Å². The lowest BCUT2D eigenvalue weighted by Crippen LogP contribution is -2.55. The van der Waals surface area contributed by atoms with Gasteiger partial charge in [0.1, 0.15) is 23.7 Å². The highest BCUT2D eigenvalue weighted by molar-refractivity contribution is 5.87. The van der Waals surface area contributed by atoms with Crippen LogP contribution < -0.4 is 9.47 Å². The molecule has 4 amide bonds. The number of carbonyl (C=O) groups is 6. The van der Waals surface area contributed by atoms with Crippen LogP contribution in [0.5, 0.6) is 11.5 Å². The summed E-state index contributed by atoms with van der Waals surface area (Å²) < 4.78 is 194. The fourth-order valence-corrected chi connectivity index (χ4v) is 12.0. The first kappa shape index (κ1) is 61.6. The molecule has 0 aromatic heterocycles. The summed E-state index contributed by atoms with van der Waals surface area (Å²) in [6, 6.07) is 2.32. The molecule has 2 aromatic rings. The molecular weight excluding hydrogens is 1100 g/mol. The van der Waals surface area contributed by atoms with Gasteiger partial charge in [0.25, 0.3) is 0 Å². The molecule has 2 saturated carbocycles. The molecule has 4 fully saturated rings. The first-order chi connectivity index (χ1) is 37.3. The first-order valence-electron chi connectivity index (χ1n) is 25.8. The zero-order valence-corrected chi connectivity index (χ0v) is 43.9. The largest absolute Gasteiger partial charge is 0.473 e. The van der Waals surface area contributed by atoms with Gasteiger partial charge in [0.2, 0.25) is 11.8 Å². The first-order valence-corrected chi connectivity index (χ1v) is 25.8. The average molecular weight is 1160 g/mol. The quantitative estimate of drug-likeness (QED) is 0.164. The fourth-order valence-electron chi connectivity index (χ4n) is 12.0. The number of esters is 2. The van der Waals surface area contributed by atoms with Crippen molar-refractivity contribution in [2.75, 3.05) is 39.9 Å². The van der Waals surface area contributed by atoms with Gasteiger partial charge in [0, 0.05) is 75.6 Å². The molecule has 0 N–H and O–H groups in total. The predicted octanol–water partition coefficient (Wildman–Crippen LogP) is 8.89. The SMILES string of the molecule is CC(=O)O[C@@H](C)[C@]1(C(=O)N2COc3ccc(C(F)(F)F)cc3C2)CC[C@@H](N(C(=O)C(F)(F)F)C2CCOCC2)C1.CC(=O)O[C@H](C)[C@]1(C(=O)N2COc3ccc(C(F)(F)F)cc3C2)CC[C@@H](N(C(=O)C(F)(F)F)C2CCOCC2)C1. The van der Waals surface area contributed by atoms with Gasteiger partial charge in [0.15, 0.2) is 13.5 Å². The summed E-state index contributed by atoms with van der Waals surface area (Å²) in [6.45, 7) is 4.74. The number of hydrogen-bond donors (Lipinski definition) is 0. The smallest absolute Gasteiger partial charge is 0.471 e. The number of ether oxygens (including phenoxy) is 6. The molecule has 80 heavy (non-hydrogen) atoms. The molecule has 2 aliphatic carbocycles. The van der Waals surface area contributed by atoms with Gasteiger partial charge in [-0.15, -0.1) is 0 Å². The third-order valence-electron chi connectivity index (χ3n) is 15.9. The molecule has 4 heterocycles. The average Bonchev–Trinajstić information content (AvgIpc) is 4.05. The number of nitrogens with zero attached hydrogens (tertiary/aromatic N) is 4. The van der Waals surface area contributed by atoms with E-state index < -0.39 is 119 Å². The Morgan fingerprint density at radius 1 is 0.537 bits per heavy atom. The highest BCUT2D eigenvalue weighted by atomic mass is 19.4. The maximum absolute atomic E-state index is 14.0. The van der Waals surface area contributed by atoms with Gasteiger partial charge in [-0.3, -0.25) is 28.8 Å². The van der Waals surface area contributed by atoms with Gasteiger partial charge in [-0.1, -0.05) is 0 Å². The minimum absolute atomic E-state index is 0.0122. The maximum Gasteiger partial charge on any atom is 0.471 e. The van der Waals surface area contributed by atoms with Crippen LogP contribution in [0.3, 0.4) is 0 Å². The lowest BCUT2D eigenvalue weighted by molar-refractivity contribution is -0.193. The number of rotatable bonds is 10. The van der Waals surface area contributed by atoms with Crippen molar-refractivity contribution in [3.63, 3.8) is 0 Å². The molecule has 16 nitrogen and oxygen atoms in total. The van der Waals surface area contributed by atoms with Crippen molar-refractivity contribution in [1.82, 2.24) is 19.6 Å². The van der Waals surface area contributed by atoms with E-state index in [1.807, 2.05) is 0 Å². The third-order valence-corrected chi connectivity index (χ3v) is 15.9. The molecule has 28 heteroatoms. The Kier molecular flexibility index (Phi) is 18.3. The van der Waals surface area contributed by atoms with Crippen LogP contribution in [-0.2, 0) is 73.2 Å². The summed E-state index contributed by atoms with van der Waals surface area (Å²) in [5.74, 6) is -6.40. The van der Waals surface area contributed by atoms with Crippen LogP contribution >= 0.6 is 0 Å². The zero-order valence-electron chi connectivity index (χ0n) is 43.9. The summed E-state index contributed by atoms with van der Waals surface area (Å²) in [5.41, 5.74) is -4.70.